The molecule has 34 heavy (non-hydrogen) atoms. The molecule has 4 aliphatic rings. The third-order valence-corrected chi connectivity index (χ3v) is 12.0. The van der Waals surface area contributed by atoms with E-state index in [2.05, 4.69) is 58.0 Å². The molecule has 1 nitrogen and oxygen atoms in total. The maximum atomic E-state index is 6.01. The van der Waals surface area contributed by atoms with E-state index in [1.165, 1.54) is 64.2 Å². The van der Waals surface area contributed by atoms with Crippen molar-refractivity contribution < 1.29 is 4.74 Å². The molecule has 0 aromatic heterocycles. The fourth-order valence-electron chi connectivity index (χ4n) is 10.1. The van der Waals surface area contributed by atoms with Gasteiger partial charge >= 0.3 is 0 Å². The molecular weight excluding hydrogens is 412 g/mol. The summed E-state index contributed by atoms with van der Waals surface area (Å²) in [5.41, 5.74) is 1.31. The van der Waals surface area contributed by atoms with Crippen LogP contribution in [0.15, 0.2) is 30.3 Å². The lowest BCUT2D eigenvalue weighted by molar-refractivity contribution is -0.114. The van der Waals surface area contributed by atoms with Crippen LogP contribution in [0.1, 0.15) is 111 Å². The number of fused-ring (bicyclic) bond motifs is 5. The van der Waals surface area contributed by atoms with Crippen molar-refractivity contribution >= 4 is 0 Å². The van der Waals surface area contributed by atoms with Crippen molar-refractivity contribution in [3.8, 4) is 5.75 Å². The molecule has 4 fully saturated rings. The van der Waals surface area contributed by atoms with Gasteiger partial charge in [-0.05, 0) is 122 Å². The van der Waals surface area contributed by atoms with Crippen molar-refractivity contribution in [2.45, 2.75) is 111 Å². The van der Waals surface area contributed by atoms with Crippen LogP contribution in [0.2, 0.25) is 0 Å². The van der Waals surface area contributed by atoms with Gasteiger partial charge in [0.05, 0.1) is 6.61 Å². The minimum absolute atomic E-state index is 0.625. The Morgan fingerprint density at radius 3 is 2.44 bits per heavy atom. The monoisotopic (exact) mass is 464 g/mol. The molecule has 0 spiro atoms. The Bertz CT molecular complexity index is 787. The van der Waals surface area contributed by atoms with Gasteiger partial charge in [-0.1, -0.05) is 71.6 Å². The van der Waals surface area contributed by atoms with Gasteiger partial charge in [0, 0.05) is 0 Å². The van der Waals surface area contributed by atoms with E-state index in [1.54, 1.807) is 19.3 Å². The predicted molar refractivity (Wildman–Crippen MR) is 144 cm³/mol. The van der Waals surface area contributed by atoms with Crippen LogP contribution in [0.5, 0.6) is 5.75 Å². The van der Waals surface area contributed by atoms with Crippen molar-refractivity contribution in [3.05, 3.63) is 30.3 Å². The van der Waals surface area contributed by atoms with Crippen LogP contribution in [0.3, 0.4) is 0 Å². The van der Waals surface area contributed by atoms with E-state index in [0.29, 0.717) is 16.7 Å². The highest BCUT2D eigenvalue weighted by Gasteiger charge is 2.60. The summed E-state index contributed by atoms with van der Waals surface area (Å²) >= 11 is 0. The zero-order chi connectivity index (χ0) is 23.8. The quantitative estimate of drug-likeness (QED) is 0.372. The predicted octanol–water partition coefficient (Wildman–Crippen LogP) is 9.56. The zero-order valence-corrected chi connectivity index (χ0v) is 22.7. The van der Waals surface area contributed by atoms with Crippen molar-refractivity contribution in [3.63, 3.8) is 0 Å². The summed E-state index contributed by atoms with van der Waals surface area (Å²) in [7, 11) is 0. The molecule has 4 aliphatic carbocycles. The van der Waals surface area contributed by atoms with E-state index in [1.807, 2.05) is 0 Å². The zero-order valence-electron chi connectivity index (χ0n) is 22.7. The summed E-state index contributed by atoms with van der Waals surface area (Å²) in [5.74, 6) is 7.67. The molecule has 190 valence electrons. The highest BCUT2D eigenvalue weighted by molar-refractivity contribution is 5.20. The fraction of sp³-hybridized carbons (Fsp3) is 0.818. The average molecular weight is 465 g/mol. The highest BCUT2D eigenvalue weighted by atomic mass is 16.5. The molecule has 1 aromatic carbocycles. The van der Waals surface area contributed by atoms with E-state index in [9.17, 15) is 0 Å². The van der Waals surface area contributed by atoms with Crippen LogP contribution in [-0.2, 0) is 0 Å². The number of hydrogen-bond acceptors (Lipinski definition) is 1. The van der Waals surface area contributed by atoms with Gasteiger partial charge in [-0.25, -0.2) is 0 Å². The standard InChI is InChI=1S/C33H52O/c1-24(23-34-27-14-6-5-7-15-27)11-10-12-25(2)29-18-19-30-28-17-16-26-13-8-9-21-32(26,3)31(28)20-22-33(29,30)4/h5-7,14-15,24-26,28-31H,8-13,16-23H2,1-4H3/t24?,25-,26?,28+,29-,30+,31+,32+,33-/m1/s1. The second-order valence-corrected chi connectivity index (χ2v) is 13.8. The lowest BCUT2D eigenvalue weighted by Gasteiger charge is -2.61. The minimum Gasteiger partial charge on any atom is -0.493 e. The van der Waals surface area contributed by atoms with Crippen molar-refractivity contribution in [1.29, 1.82) is 0 Å². The first-order chi connectivity index (χ1) is 16.4. The lowest BCUT2D eigenvalue weighted by atomic mass is 9.44. The van der Waals surface area contributed by atoms with Gasteiger partial charge in [-0.15, -0.1) is 0 Å². The molecule has 0 N–H and O–H groups in total. The van der Waals surface area contributed by atoms with Crippen LogP contribution >= 0.6 is 0 Å². The molecule has 0 heterocycles. The summed E-state index contributed by atoms with van der Waals surface area (Å²) < 4.78 is 6.01. The normalized spacial score (nSPS) is 41.1. The molecule has 4 saturated carbocycles. The van der Waals surface area contributed by atoms with E-state index in [4.69, 9.17) is 4.74 Å². The van der Waals surface area contributed by atoms with Gasteiger partial charge in [0.1, 0.15) is 5.75 Å². The van der Waals surface area contributed by atoms with Gasteiger partial charge in [0.15, 0.2) is 0 Å². The number of rotatable bonds is 8. The fourth-order valence-corrected chi connectivity index (χ4v) is 10.1. The number of benzene rings is 1. The largest absolute Gasteiger partial charge is 0.493 e. The smallest absolute Gasteiger partial charge is 0.119 e. The molecule has 0 aliphatic heterocycles. The first-order valence-electron chi connectivity index (χ1n) is 15.1. The highest BCUT2D eigenvalue weighted by Crippen LogP contribution is 2.68. The van der Waals surface area contributed by atoms with Crippen LogP contribution in [0.4, 0.5) is 0 Å². The summed E-state index contributed by atoms with van der Waals surface area (Å²) in [6, 6.07) is 10.3. The lowest BCUT2D eigenvalue weighted by Crippen LogP contribution is -2.53. The molecule has 0 amide bonds. The van der Waals surface area contributed by atoms with Crippen LogP contribution in [0.25, 0.3) is 0 Å². The maximum absolute atomic E-state index is 6.01. The average Bonchev–Trinajstić information content (AvgIpc) is 3.20. The number of para-hydroxylation sites is 1. The Labute approximate surface area is 210 Å². The van der Waals surface area contributed by atoms with Gasteiger partial charge in [0.2, 0.25) is 0 Å². The van der Waals surface area contributed by atoms with Crippen molar-refractivity contribution in [2.24, 2.45) is 52.3 Å². The van der Waals surface area contributed by atoms with E-state index in [-0.39, 0.29) is 0 Å². The third kappa shape index (κ3) is 4.59. The molecule has 0 radical (unpaired) electrons. The summed E-state index contributed by atoms with van der Waals surface area (Å²) in [5, 5.41) is 0. The van der Waals surface area contributed by atoms with Crippen LogP contribution in [0, 0.1) is 52.3 Å². The molecule has 5 rings (SSSR count). The Hall–Kier alpha value is -0.980. The molecule has 1 aromatic rings. The molecule has 1 heteroatoms. The van der Waals surface area contributed by atoms with Crippen LogP contribution in [-0.4, -0.2) is 6.61 Å². The molecule has 9 atom stereocenters. The SMILES string of the molecule is CC(CCC[C@@H](C)[C@H]1CC[C@H]2[C@@H]3CCC4CCCC[C@]4(C)[C@H]3CC[C@]12C)COc1ccccc1. The Morgan fingerprint density at radius 1 is 0.824 bits per heavy atom. The second kappa shape index (κ2) is 10.2. The number of ether oxygens (including phenoxy) is 1. The van der Waals surface area contributed by atoms with Gasteiger partial charge in [0.25, 0.3) is 0 Å². The molecule has 2 unspecified atom stereocenters. The summed E-state index contributed by atoms with van der Waals surface area (Å²) in [6.07, 6.45) is 19.4. The minimum atomic E-state index is 0.625. The van der Waals surface area contributed by atoms with E-state index >= 15 is 0 Å². The first kappa shape index (κ1) is 24.7. The molecular formula is C33H52O. The van der Waals surface area contributed by atoms with E-state index < -0.39 is 0 Å². The topological polar surface area (TPSA) is 9.23 Å². The van der Waals surface area contributed by atoms with Gasteiger partial charge in [-0.3, -0.25) is 0 Å². The Morgan fingerprint density at radius 2 is 1.62 bits per heavy atom. The number of hydrogen-bond donors (Lipinski definition) is 0. The van der Waals surface area contributed by atoms with E-state index in [0.717, 1.165) is 47.9 Å². The molecule has 0 bridgehead atoms. The first-order valence-corrected chi connectivity index (χ1v) is 15.1. The summed E-state index contributed by atoms with van der Waals surface area (Å²) in [4.78, 5) is 0. The van der Waals surface area contributed by atoms with Crippen LogP contribution < -0.4 is 4.74 Å². The molecule has 0 saturated heterocycles. The Balaban J connectivity index is 1.13. The summed E-state index contributed by atoms with van der Waals surface area (Å²) in [6.45, 7) is 11.3. The van der Waals surface area contributed by atoms with Gasteiger partial charge < -0.3 is 4.74 Å². The maximum Gasteiger partial charge on any atom is 0.119 e. The third-order valence-electron chi connectivity index (χ3n) is 12.0. The Kier molecular flexibility index (Phi) is 7.39. The van der Waals surface area contributed by atoms with Crippen molar-refractivity contribution in [1.82, 2.24) is 0 Å². The van der Waals surface area contributed by atoms with Crippen molar-refractivity contribution in [2.75, 3.05) is 6.61 Å². The van der Waals surface area contributed by atoms with Gasteiger partial charge in [-0.2, -0.15) is 0 Å². The second-order valence-electron chi connectivity index (χ2n) is 13.8.